The van der Waals surface area contributed by atoms with Crippen molar-refractivity contribution in [3.05, 3.63) is 11.1 Å². The summed E-state index contributed by atoms with van der Waals surface area (Å²) in [6.07, 6.45) is 2.35. The van der Waals surface area contributed by atoms with Crippen LogP contribution in [0, 0.1) is 0 Å². The minimum Gasteiger partial charge on any atom is -0.348 e. The quantitative estimate of drug-likeness (QED) is 0.669. The van der Waals surface area contributed by atoms with Crippen LogP contribution in [0.15, 0.2) is 5.38 Å². The van der Waals surface area contributed by atoms with Crippen molar-refractivity contribution >= 4 is 16.5 Å². The number of hydrogen-bond acceptors (Lipinski definition) is 5. The lowest BCUT2D eigenvalue weighted by atomic mass is 10.3. The molecule has 0 aliphatic carbocycles. The van der Waals surface area contributed by atoms with Crippen LogP contribution in [0.3, 0.4) is 0 Å². The van der Waals surface area contributed by atoms with Crippen molar-refractivity contribution in [2.75, 3.05) is 45.2 Å². The number of nitrogens with zero attached hydrogens (tertiary/aromatic N) is 3. The summed E-state index contributed by atoms with van der Waals surface area (Å²) in [6.45, 7) is 9.58. The zero-order chi connectivity index (χ0) is 14.1. The van der Waals surface area contributed by atoms with E-state index in [0.29, 0.717) is 0 Å². The van der Waals surface area contributed by atoms with Gasteiger partial charge in [0, 0.05) is 25.0 Å². The van der Waals surface area contributed by atoms with Gasteiger partial charge in [-0.25, -0.2) is 4.98 Å². The van der Waals surface area contributed by atoms with E-state index in [1.165, 1.54) is 18.5 Å². The van der Waals surface area contributed by atoms with E-state index in [-0.39, 0.29) is 0 Å². The Bertz CT molecular complexity index is 338. The van der Waals surface area contributed by atoms with Crippen molar-refractivity contribution in [2.45, 2.75) is 33.2 Å². The molecule has 1 heterocycles. The van der Waals surface area contributed by atoms with Gasteiger partial charge >= 0.3 is 0 Å². The molecule has 0 aromatic carbocycles. The fraction of sp³-hybridized carbons (Fsp3) is 0.786. The minimum atomic E-state index is 0.888. The second-order valence-corrected chi connectivity index (χ2v) is 5.87. The molecule has 0 aliphatic rings. The Labute approximate surface area is 121 Å². The summed E-state index contributed by atoms with van der Waals surface area (Å²) < 4.78 is 0. The molecule has 0 unspecified atom stereocenters. The van der Waals surface area contributed by atoms with Crippen molar-refractivity contribution in [1.29, 1.82) is 0 Å². The summed E-state index contributed by atoms with van der Waals surface area (Å²) in [5.74, 6) is 0. The van der Waals surface area contributed by atoms with Gasteiger partial charge in [0.05, 0.1) is 5.69 Å². The molecule has 0 radical (unpaired) electrons. The normalized spacial score (nSPS) is 11.2. The lowest BCUT2D eigenvalue weighted by Crippen LogP contribution is -2.27. The van der Waals surface area contributed by atoms with Gasteiger partial charge in [-0.15, -0.1) is 11.3 Å². The Morgan fingerprint density at radius 3 is 2.68 bits per heavy atom. The Morgan fingerprint density at radius 2 is 2.05 bits per heavy atom. The summed E-state index contributed by atoms with van der Waals surface area (Å²) in [5, 5.41) is 6.73. The van der Waals surface area contributed by atoms with Gasteiger partial charge in [-0.2, -0.15) is 0 Å². The number of thiazole rings is 1. The molecule has 4 nitrogen and oxygen atoms in total. The highest BCUT2D eigenvalue weighted by molar-refractivity contribution is 7.13. The maximum Gasteiger partial charge on any atom is 0.185 e. The average molecular weight is 284 g/mol. The highest BCUT2D eigenvalue weighted by atomic mass is 32.1. The highest BCUT2D eigenvalue weighted by Crippen LogP contribution is 2.20. The van der Waals surface area contributed by atoms with Crippen molar-refractivity contribution in [1.82, 2.24) is 15.2 Å². The van der Waals surface area contributed by atoms with Crippen LogP contribution >= 0.6 is 11.3 Å². The fourth-order valence-electron chi connectivity index (χ4n) is 1.88. The van der Waals surface area contributed by atoms with Gasteiger partial charge in [-0.05, 0) is 47.0 Å². The Hall–Kier alpha value is -0.650. The molecular weight excluding hydrogens is 256 g/mol. The van der Waals surface area contributed by atoms with E-state index in [0.717, 1.165) is 37.9 Å². The van der Waals surface area contributed by atoms with E-state index in [1.807, 2.05) is 0 Å². The zero-order valence-corrected chi connectivity index (χ0v) is 13.6. The molecule has 0 spiro atoms. The monoisotopic (exact) mass is 284 g/mol. The van der Waals surface area contributed by atoms with Crippen molar-refractivity contribution in [3.63, 3.8) is 0 Å². The Morgan fingerprint density at radius 1 is 1.26 bits per heavy atom. The Kier molecular flexibility index (Phi) is 8.02. The predicted molar refractivity (Wildman–Crippen MR) is 85.2 cm³/mol. The lowest BCUT2D eigenvalue weighted by molar-refractivity contribution is 0.400. The van der Waals surface area contributed by atoms with Gasteiger partial charge in [-0.1, -0.05) is 6.92 Å². The SMILES string of the molecule is CCCNCc1csc(N(CC)CCCN(C)C)n1. The van der Waals surface area contributed by atoms with Gasteiger partial charge in [0.1, 0.15) is 0 Å². The fourth-order valence-corrected chi connectivity index (χ4v) is 2.80. The van der Waals surface area contributed by atoms with Crippen molar-refractivity contribution in [3.8, 4) is 0 Å². The van der Waals surface area contributed by atoms with E-state index in [2.05, 4.69) is 48.4 Å². The molecule has 0 fully saturated rings. The summed E-state index contributed by atoms with van der Waals surface area (Å²) in [7, 11) is 4.24. The molecule has 0 saturated carbocycles. The van der Waals surface area contributed by atoms with Crippen LogP contribution in [-0.2, 0) is 6.54 Å². The summed E-state index contributed by atoms with van der Waals surface area (Å²) in [6, 6.07) is 0. The Balaban J connectivity index is 2.42. The molecule has 1 N–H and O–H groups in total. The van der Waals surface area contributed by atoms with Gasteiger partial charge < -0.3 is 15.1 Å². The highest BCUT2D eigenvalue weighted by Gasteiger charge is 2.09. The second kappa shape index (κ2) is 9.28. The van der Waals surface area contributed by atoms with E-state index < -0.39 is 0 Å². The molecule has 0 bridgehead atoms. The number of nitrogens with one attached hydrogen (secondary N) is 1. The van der Waals surface area contributed by atoms with Gasteiger partial charge in [-0.3, -0.25) is 0 Å². The van der Waals surface area contributed by atoms with E-state index in [4.69, 9.17) is 4.98 Å². The minimum absolute atomic E-state index is 0.888. The summed E-state index contributed by atoms with van der Waals surface area (Å²) in [5.41, 5.74) is 1.17. The average Bonchev–Trinajstić information content (AvgIpc) is 2.83. The standard InChI is InChI=1S/C14H28N4S/c1-5-8-15-11-13-12-19-14(16-13)18(6-2)10-7-9-17(3)4/h12,15H,5-11H2,1-4H3. The van der Waals surface area contributed by atoms with Crippen LogP contribution in [-0.4, -0.2) is 50.2 Å². The third kappa shape index (κ3) is 6.36. The van der Waals surface area contributed by atoms with Crippen LogP contribution in [0.2, 0.25) is 0 Å². The molecular formula is C14H28N4S. The predicted octanol–water partition coefficient (Wildman–Crippen LogP) is 2.42. The first-order valence-electron chi connectivity index (χ1n) is 7.22. The van der Waals surface area contributed by atoms with Crippen LogP contribution in [0.4, 0.5) is 5.13 Å². The smallest absolute Gasteiger partial charge is 0.185 e. The van der Waals surface area contributed by atoms with Crippen LogP contribution in [0.5, 0.6) is 0 Å². The molecule has 1 aromatic heterocycles. The molecule has 0 amide bonds. The van der Waals surface area contributed by atoms with Gasteiger partial charge in [0.2, 0.25) is 0 Å². The molecule has 0 atom stereocenters. The molecule has 1 aromatic rings. The van der Waals surface area contributed by atoms with Crippen LogP contribution in [0.1, 0.15) is 32.4 Å². The maximum atomic E-state index is 4.72. The van der Waals surface area contributed by atoms with Crippen molar-refractivity contribution in [2.24, 2.45) is 0 Å². The van der Waals surface area contributed by atoms with Crippen LogP contribution < -0.4 is 10.2 Å². The molecule has 5 heteroatoms. The zero-order valence-electron chi connectivity index (χ0n) is 12.8. The van der Waals surface area contributed by atoms with E-state index in [1.54, 1.807) is 11.3 Å². The second-order valence-electron chi connectivity index (χ2n) is 5.03. The van der Waals surface area contributed by atoms with E-state index in [9.17, 15) is 0 Å². The largest absolute Gasteiger partial charge is 0.348 e. The molecule has 19 heavy (non-hydrogen) atoms. The van der Waals surface area contributed by atoms with Gasteiger partial charge in [0.15, 0.2) is 5.13 Å². The molecule has 110 valence electrons. The summed E-state index contributed by atoms with van der Waals surface area (Å²) in [4.78, 5) is 9.32. The number of rotatable bonds is 10. The molecule has 1 rings (SSSR count). The first-order chi connectivity index (χ1) is 9.17. The molecule has 0 aliphatic heterocycles. The van der Waals surface area contributed by atoms with Crippen LogP contribution in [0.25, 0.3) is 0 Å². The third-order valence-corrected chi connectivity index (χ3v) is 3.91. The maximum absolute atomic E-state index is 4.72. The first kappa shape index (κ1) is 16.4. The van der Waals surface area contributed by atoms with E-state index >= 15 is 0 Å². The summed E-state index contributed by atoms with van der Waals surface area (Å²) >= 11 is 1.76. The number of anilines is 1. The number of aromatic nitrogens is 1. The number of hydrogen-bond donors (Lipinski definition) is 1. The topological polar surface area (TPSA) is 31.4 Å². The first-order valence-corrected chi connectivity index (χ1v) is 8.10. The van der Waals surface area contributed by atoms with Crippen molar-refractivity contribution < 1.29 is 0 Å². The molecule has 0 saturated heterocycles. The van der Waals surface area contributed by atoms with Gasteiger partial charge in [0.25, 0.3) is 0 Å². The third-order valence-electron chi connectivity index (χ3n) is 2.96. The lowest BCUT2D eigenvalue weighted by Gasteiger charge is -2.20.